The first-order chi connectivity index (χ1) is 30.2. The van der Waals surface area contributed by atoms with Crippen molar-refractivity contribution >= 4 is 74.0 Å². The molecular formula is C44H49ClF3N11O4. The van der Waals surface area contributed by atoms with Crippen molar-refractivity contribution < 1.29 is 27.5 Å². The molecule has 3 saturated heterocycles. The molecule has 4 atom stereocenters. The zero-order valence-corrected chi connectivity index (χ0v) is 36.0. The van der Waals surface area contributed by atoms with E-state index in [4.69, 9.17) is 21.3 Å². The van der Waals surface area contributed by atoms with Gasteiger partial charge in [0.2, 0.25) is 23.5 Å². The first kappa shape index (κ1) is 41.4. The Kier molecular flexibility index (Phi) is 10.4. The highest BCUT2D eigenvalue weighted by Gasteiger charge is 2.51. The number of carbonyl (C=O) groups excluding carboxylic acids is 2. The van der Waals surface area contributed by atoms with Gasteiger partial charge >= 0.3 is 5.92 Å². The van der Waals surface area contributed by atoms with E-state index in [-0.39, 0.29) is 41.4 Å². The third-order valence-electron chi connectivity index (χ3n) is 13.7. The van der Waals surface area contributed by atoms with Gasteiger partial charge in [0.25, 0.3) is 5.56 Å². The summed E-state index contributed by atoms with van der Waals surface area (Å²) in [5, 5.41) is 15.0. The summed E-state index contributed by atoms with van der Waals surface area (Å²) in [4.78, 5) is 53.9. The fourth-order valence-electron chi connectivity index (χ4n) is 10.0. The number of hydrogen-bond acceptors (Lipinski definition) is 12. The normalized spacial score (nSPS) is 24.2. The van der Waals surface area contributed by atoms with Gasteiger partial charge in [0.15, 0.2) is 12.4 Å². The average molecular weight is 888 g/mol. The Hall–Kier alpha value is -5.62. The maximum Gasteiger partial charge on any atom is 0.301 e. The van der Waals surface area contributed by atoms with Crippen molar-refractivity contribution in [2.24, 2.45) is 31.8 Å². The van der Waals surface area contributed by atoms with Gasteiger partial charge in [0.05, 0.1) is 46.3 Å². The van der Waals surface area contributed by atoms with Crippen LogP contribution < -0.4 is 36.0 Å². The molecule has 3 N–H and O–H groups in total. The summed E-state index contributed by atoms with van der Waals surface area (Å²) in [5.41, 5.74) is 2.63. The van der Waals surface area contributed by atoms with Crippen LogP contribution in [0.4, 0.5) is 42.0 Å². The second-order valence-corrected chi connectivity index (χ2v) is 18.3. The highest BCUT2D eigenvalue weighted by atomic mass is 35.5. The lowest BCUT2D eigenvalue weighted by molar-refractivity contribution is -0.134. The molecule has 7 heterocycles. The van der Waals surface area contributed by atoms with Gasteiger partial charge in [-0.05, 0) is 73.8 Å². The van der Waals surface area contributed by atoms with Gasteiger partial charge in [0, 0.05) is 82.8 Å². The van der Waals surface area contributed by atoms with E-state index in [1.807, 2.05) is 0 Å². The number of ether oxygens (including phenoxy) is 1. The van der Waals surface area contributed by atoms with E-state index in [0.717, 1.165) is 44.5 Å². The minimum Gasteiger partial charge on any atom is -0.480 e. The number of halogens is 4. The van der Waals surface area contributed by atoms with Crippen molar-refractivity contribution in [2.45, 2.75) is 56.9 Å². The van der Waals surface area contributed by atoms with Gasteiger partial charge in [-0.15, -0.1) is 0 Å². The number of aryl methyl sites for hydroxylation is 2. The smallest absolute Gasteiger partial charge is 0.301 e. The van der Waals surface area contributed by atoms with Crippen LogP contribution in [0, 0.1) is 23.6 Å². The van der Waals surface area contributed by atoms with Crippen LogP contribution >= 0.6 is 11.6 Å². The molecule has 2 amide bonds. The fraction of sp³-hybridized carbons (Fsp3) is 0.500. The molecule has 0 bridgehead atoms. The minimum atomic E-state index is -3.14. The number of aromatic nitrogens is 5. The minimum absolute atomic E-state index is 0.121. The maximum atomic E-state index is 15.6. The Morgan fingerprint density at radius 3 is 2.52 bits per heavy atom. The van der Waals surface area contributed by atoms with E-state index in [2.05, 4.69) is 47.7 Å². The zero-order valence-electron chi connectivity index (χ0n) is 35.3. The molecule has 3 aromatic heterocycles. The number of rotatable bonds is 8. The first-order valence-corrected chi connectivity index (χ1v) is 22.1. The molecule has 332 valence electrons. The van der Waals surface area contributed by atoms with Crippen LogP contribution in [-0.2, 0) is 23.7 Å². The number of anilines is 5. The van der Waals surface area contributed by atoms with Gasteiger partial charge in [-0.25, -0.2) is 18.2 Å². The van der Waals surface area contributed by atoms with Gasteiger partial charge in [-0.2, -0.15) is 10.1 Å². The summed E-state index contributed by atoms with van der Waals surface area (Å²) >= 11 is 6.65. The van der Waals surface area contributed by atoms with E-state index >= 15 is 13.2 Å². The average Bonchev–Trinajstić information content (AvgIpc) is 4.06. The van der Waals surface area contributed by atoms with E-state index in [0.29, 0.717) is 94.5 Å². The highest BCUT2D eigenvalue weighted by molar-refractivity contribution is 6.33. The standard InChI is InChI=1S/C44H49ClF3N11O4/c1-23-20-59(13-12-25(23)21-57-14-16-58(17-15-57)37-31(46)9-7-27-34(54-56(3)36(27)37)28-8-11-33(60)51-41(28)61)43-49-19-30(45)40(53-43)50-26-6-10-32-29(18-26)35-38(42(62)55(32)2)63-22-44(47,48)39(52-35)24-4-5-24/h6-7,9-10,18-19,23-25,28,39,52H,4-5,8,11-17,20-22H2,1-3H3,(H,49,50,53)(H,51,60,61)/t23-,25-,28?,39-/m0/s1. The molecule has 5 aliphatic rings. The number of alkyl halides is 2. The quantitative estimate of drug-likeness (QED) is 0.162. The number of hydrogen-bond donors (Lipinski definition) is 3. The largest absolute Gasteiger partial charge is 0.480 e. The van der Waals surface area contributed by atoms with Crippen molar-refractivity contribution in [2.75, 3.05) is 72.9 Å². The van der Waals surface area contributed by atoms with E-state index in [9.17, 15) is 14.4 Å². The molecule has 4 aliphatic heterocycles. The molecule has 10 rings (SSSR count). The Morgan fingerprint density at radius 2 is 1.78 bits per heavy atom. The maximum absolute atomic E-state index is 15.6. The number of piperazine rings is 1. The Labute approximate surface area is 365 Å². The monoisotopic (exact) mass is 887 g/mol. The lowest BCUT2D eigenvalue weighted by Gasteiger charge is -2.42. The Balaban J connectivity index is 0.797. The van der Waals surface area contributed by atoms with Crippen molar-refractivity contribution in [3.05, 3.63) is 63.4 Å². The Bertz CT molecular complexity index is 2720. The summed E-state index contributed by atoms with van der Waals surface area (Å²) in [6.07, 6.45) is 4.48. The van der Waals surface area contributed by atoms with Gasteiger partial charge < -0.3 is 29.7 Å². The van der Waals surface area contributed by atoms with Crippen LogP contribution in [0.1, 0.15) is 50.6 Å². The molecule has 63 heavy (non-hydrogen) atoms. The highest BCUT2D eigenvalue weighted by Crippen LogP contribution is 2.46. The van der Waals surface area contributed by atoms with Crippen molar-refractivity contribution in [1.29, 1.82) is 0 Å². The topological polar surface area (TPSA) is 155 Å². The molecular weight excluding hydrogens is 839 g/mol. The first-order valence-electron chi connectivity index (χ1n) is 21.7. The third kappa shape index (κ3) is 7.57. The number of amides is 2. The van der Waals surface area contributed by atoms with Crippen LogP contribution in [0.3, 0.4) is 0 Å². The summed E-state index contributed by atoms with van der Waals surface area (Å²) in [5.74, 6) is -3.35. The van der Waals surface area contributed by atoms with E-state index < -0.39 is 30.0 Å². The van der Waals surface area contributed by atoms with Crippen molar-refractivity contribution in [3.63, 3.8) is 0 Å². The lowest BCUT2D eigenvalue weighted by atomic mass is 9.86. The van der Waals surface area contributed by atoms with Crippen LogP contribution in [0.5, 0.6) is 5.75 Å². The summed E-state index contributed by atoms with van der Waals surface area (Å²) in [6, 6.07) is 7.34. The third-order valence-corrected chi connectivity index (χ3v) is 14.0. The second-order valence-electron chi connectivity index (χ2n) is 17.9. The number of imide groups is 1. The van der Waals surface area contributed by atoms with E-state index in [1.54, 1.807) is 49.2 Å². The van der Waals surface area contributed by atoms with Crippen LogP contribution in [-0.4, -0.2) is 105 Å². The molecule has 1 saturated carbocycles. The van der Waals surface area contributed by atoms with Crippen LogP contribution in [0.15, 0.2) is 41.3 Å². The lowest BCUT2D eigenvalue weighted by Crippen LogP contribution is -2.50. The fourth-order valence-corrected chi connectivity index (χ4v) is 10.2. The number of nitrogens with zero attached hydrogens (tertiary/aromatic N) is 8. The number of carbonyl (C=O) groups is 2. The van der Waals surface area contributed by atoms with Crippen molar-refractivity contribution in [1.82, 2.24) is 34.5 Å². The molecule has 0 radical (unpaired) electrons. The SMILES string of the molecule is C[C@H]1CN(c2ncc(Cl)c(Nc3ccc4c(c3)c3c(c(=O)n4C)OCC(F)(F)[C@H](C4CC4)N3)n2)CC[C@H]1CN1CCN(c2c(F)ccc3c(C4CCC(=O)NC4=O)nn(C)c23)CC1. The molecule has 5 aromatic rings. The van der Waals surface area contributed by atoms with Gasteiger partial charge in [0.1, 0.15) is 10.8 Å². The molecule has 19 heteroatoms. The summed E-state index contributed by atoms with van der Waals surface area (Å²) in [6.45, 7) is 6.56. The second kappa shape index (κ2) is 15.9. The summed E-state index contributed by atoms with van der Waals surface area (Å²) < 4.78 is 54.6. The summed E-state index contributed by atoms with van der Waals surface area (Å²) in [7, 11) is 3.37. The predicted octanol–water partition coefficient (Wildman–Crippen LogP) is 5.77. The van der Waals surface area contributed by atoms with Gasteiger partial charge in [-0.1, -0.05) is 18.5 Å². The molecule has 0 spiro atoms. The molecule has 1 aliphatic carbocycles. The number of piperidine rings is 2. The predicted molar refractivity (Wildman–Crippen MR) is 234 cm³/mol. The van der Waals surface area contributed by atoms with Crippen LogP contribution in [0.25, 0.3) is 21.8 Å². The Morgan fingerprint density at radius 1 is 0.984 bits per heavy atom. The van der Waals surface area contributed by atoms with E-state index in [1.165, 1.54) is 10.6 Å². The molecule has 2 aromatic carbocycles. The number of nitrogens with one attached hydrogen (secondary N) is 3. The molecule has 1 unspecified atom stereocenters. The van der Waals surface area contributed by atoms with Crippen molar-refractivity contribution in [3.8, 4) is 5.75 Å². The zero-order chi connectivity index (χ0) is 43.9. The molecule has 4 fully saturated rings. The number of fused-ring (bicyclic) bond motifs is 4. The van der Waals surface area contributed by atoms with Crippen LogP contribution in [0.2, 0.25) is 5.02 Å². The van der Waals surface area contributed by atoms with Gasteiger partial charge in [-0.3, -0.25) is 29.3 Å². The number of pyridine rings is 1. The number of benzene rings is 2. The molecule has 15 nitrogen and oxygen atoms in total.